The van der Waals surface area contributed by atoms with Crippen LogP contribution in [0.1, 0.15) is 99.1 Å². The molecule has 61 heavy (non-hydrogen) atoms. The molecular weight excluding hydrogens is 910 g/mol. The Hall–Kier alpha value is -3.92. The molecule has 2 aliphatic heterocycles. The fourth-order valence-electron chi connectivity index (χ4n) is 5.98. The van der Waals surface area contributed by atoms with E-state index < -0.39 is 60.9 Å². The van der Waals surface area contributed by atoms with E-state index in [0.29, 0.717) is 62.8 Å². The van der Waals surface area contributed by atoms with Gasteiger partial charge in [-0.25, -0.2) is 49.5 Å². The van der Waals surface area contributed by atoms with Gasteiger partial charge in [0.2, 0.25) is 20.0 Å². The van der Waals surface area contributed by atoms with Crippen molar-refractivity contribution < 1.29 is 63.7 Å². The molecule has 2 saturated heterocycles. The van der Waals surface area contributed by atoms with Crippen LogP contribution in [0.3, 0.4) is 0 Å². The summed E-state index contributed by atoms with van der Waals surface area (Å²) in [5.41, 5.74) is -0.158. The number of hydrogen-bond donors (Lipinski definition) is 1. The Balaban J connectivity index is 0.000000349. The molecule has 2 aromatic rings. The highest BCUT2D eigenvalue weighted by Gasteiger charge is 2.34. The minimum atomic E-state index is -3.64. The Morgan fingerprint density at radius 1 is 0.721 bits per heavy atom. The van der Waals surface area contributed by atoms with Crippen LogP contribution in [-0.2, 0) is 50.9 Å². The number of piperidine rings is 2. The molecule has 0 bridgehead atoms. The molecular formula is C40H59BrF2N4O12S2. The lowest BCUT2D eigenvalue weighted by Gasteiger charge is -2.37. The summed E-state index contributed by atoms with van der Waals surface area (Å²) in [7, 11) is -4.35. The molecule has 4 rings (SSSR count). The smallest absolute Gasteiger partial charge is 0.410 e. The van der Waals surface area contributed by atoms with Crippen molar-refractivity contribution in [2.24, 2.45) is 0 Å². The highest BCUT2D eigenvalue weighted by Crippen LogP contribution is 2.25. The third-order valence-electron chi connectivity index (χ3n) is 8.90. The van der Waals surface area contributed by atoms with E-state index in [2.05, 4.69) is 30.1 Å². The van der Waals surface area contributed by atoms with Gasteiger partial charge in [-0.05, 0) is 97.1 Å². The van der Waals surface area contributed by atoms with E-state index in [4.69, 9.17) is 9.47 Å². The summed E-state index contributed by atoms with van der Waals surface area (Å²) in [6.07, 6.45) is 3.51. The van der Waals surface area contributed by atoms with Crippen LogP contribution in [-0.4, -0.2) is 131 Å². The molecule has 0 atom stereocenters. The number of rotatable bonds is 9. The van der Waals surface area contributed by atoms with E-state index in [0.717, 1.165) is 18.6 Å². The molecule has 344 valence electrons. The zero-order valence-electron chi connectivity index (χ0n) is 36.4. The van der Waals surface area contributed by atoms with Crippen molar-refractivity contribution in [3.05, 3.63) is 70.3 Å². The summed E-state index contributed by atoms with van der Waals surface area (Å²) in [6, 6.07) is 7.61. The van der Waals surface area contributed by atoms with E-state index in [1.807, 2.05) is 20.8 Å². The molecule has 21 heteroatoms. The van der Waals surface area contributed by atoms with E-state index in [1.165, 1.54) is 42.8 Å². The lowest BCUT2D eigenvalue weighted by atomic mass is 10.0. The number of esters is 2. The fraction of sp³-hybridized carbons (Fsp3) is 0.600. The van der Waals surface area contributed by atoms with Crippen molar-refractivity contribution in [2.45, 2.75) is 102 Å². The molecule has 2 heterocycles. The number of benzene rings is 2. The van der Waals surface area contributed by atoms with Crippen molar-refractivity contribution >= 4 is 60.1 Å². The van der Waals surface area contributed by atoms with Crippen molar-refractivity contribution in [2.75, 3.05) is 52.9 Å². The van der Waals surface area contributed by atoms with Crippen LogP contribution in [0.15, 0.2) is 36.4 Å². The van der Waals surface area contributed by atoms with E-state index in [-0.39, 0.29) is 41.4 Å². The molecule has 1 N–H and O–H groups in total. The first-order chi connectivity index (χ1) is 28.1. The predicted octanol–water partition coefficient (Wildman–Crippen LogP) is 6.22. The van der Waals surface area contributed by atoms with E-state index in [9.17, 15) is 44.8 Å². The van der Waals surface area contributed by atoms with Crippen molar-refractivity contribution in [1.82, 2.24) is 18.8 Å². The van der Waals surface area contributed by atoms with Crippen LogP contribution in [0.4, 0.5) is 18.4 Å². The number of halogens is 3. The summed E-state index contributed by atoms with van der Waals surface area (Å²) in [5.74, 6) is -2.28. The van der Waals surface area contributed by atoms with Gasteiger partial charge in [0.25, 0.3) is 0 Å². The topological polar surface area (TPSA) is 195 Å². The molecule has 0 aromatic heterocycles. The number of alkyl halides is 1. The molecule has 2 aromatic carbocycles. The van der Waals surface area contributed by atoms with Crippen LogP contribution in [0.5, 0.6) is 0 Å². The standard InChI is InChI=1S/C20H29FN2O6S.C11H22N2O4S.C9H8BrFO2/c1-20(2,3)29-19(25)22-10-8-16(9-11-22)23(30(5,26)27)13-15-7-6-14(12-17(15)21)18(24)28-4;1-11(2,3)17-10(14)13-7-5-9(6-8-13)12-18(4,15)16;1-13-9(12)6-2-3-7(5-10)8(11)4-6/h6-7,12,16H,8-11,13H2,1-5H3;9,12H,5-8H2,1-4H3;2-4H,5H2,1H3. The first kappa shape index (κ1) is 53.2. The van der Waals surface area contributed by atoms with Crippen molar-refractivity contribution in [1.29, 1.82) is 0 Å². The number of hydrogen-bond acceptors (Lipinski definition) is 12. The maximum Gasteiger partial charge on any atom is 0.410 e. The number of carbonyl (C=O) groups excluding carboxylic acids is 4. The van der Waals surface area contributed by atoms with Gasteiger partial charge in [-0.1, -0.05) is 28.1 Å². The second kappa shape index (κ2) is 23.0. The zero-order chi connectivity index (χ0) is 46.5. The summed E-state index contributed by atoms with van der Waals surface area (Å²) in [4.78, 5) is 49.7. The number of nitrogens with zero attached hydrogens (tertiary/aromatic N) is 3. The van der Waals surface area contributed by atoms with Crippen LogP contribution in [0.25, 0.3) is 0 Å². The number of ether oxygens (including phenoxy) is 4. The van der Waals surface area contributed by atoms with E-state index >= 15 is 0 Å². The van der Waals surface area contributed by atoms with Gasteiger partial charge in [-0.2, -0.15) is 4.31 Å². The largest absolute Gasteiger partial charge is 0.465 e. The van der Waals surface area contributed by atoms with Gasteiger partial charge in [0.1, 0.15) is 22.8 Å². The Morgan fingerprint density at radius 3 is 1.44 bits per heavy atom. The lowest BCUT2D eigenvalue weighted by Crippen LogP contribution is -2.49. The Kier molecular flexibility index (Phi) is 20.0. The van der Waals surface area contributed by atoms with Gasteiger partial charge < -0.3 is 28.7 Å². The molecule has 0 spiro atoms. The molecule has 0 saturated carbocycles. The van der Waals surface area contributed by atoms with Crippen molar-refractivity contribution in [3.8, 4) is 0 Å². The molecule has 2 amide bonds. The van der Waals surface area contributed by atoms with E-state index in [1.54, 1.807) is 36.6 Å². The first-order valence-corrected chi connectivity index (χ1v) is 24.1. The number of likely N-dealkylation sites (tertiary alicyclic amines) is 2. The van der Waals surface area contributed by atoms with Crippen LogP contribution >= 0.6 is 15.9 Å². The van der Waals surface area contributed by atoms with Gasteiger partial charge in [0.15, 0.2) is 0 Å². The molecule has 2 fully saturated rings. The summed E-state index contributed by atoms with van der Waals surface area (Å²) in [5, 5.41) is 0.431. The predicted molar refractivity (Wildman–Crippen MR) is 228 cm³/mol. The second-order valence-electron chi connectivity index (χ2n) is 16.4. The first-order valence-electron chi connectivity index (χ1n) is 19.3. The fourth-order valence-corrected chi connectivity index (χ4v) is 8.40. The Morgan fingerprint density at radius 2 is 1.11 bits per heavy atom. The van der Waals surface area contributed by atoms with Gasteiger partial charge in [-0.15, -0.1) is 0 Å². The Bertz CT molecular complexity index is 2050. The maximum absolute atomic E-state index is 14.5. The van der Waals surface area contributed by atoms with Gasteiger partial charge in [-0.3, -0.25) is 0 Å². The number of methoxy groups -OCH3 is 2. The van der Waals surface area contributed by atoms with Crippen LogP contribution < -0.4 is 4.72 Å². The van der Waals surface area contributed by atoms with Crippen molar-refractivity contribution in [3.63, 3.8) is 0 Å². The molecule has 2 aliphatic rings. The van der Waals surface area contributed by atoms with Gasteiger partial charge in [0, 0.05) is 55.7 Å². The maximum atomic E-state index is 14.5. The quantitative estimate of drug-likeness (QED) is 0.170. The third-order valence-corrected chi connectivity index (χ3v) is 11.5. The highest BCUT2D eigenvalue weighted by molar-refractivity contribution is 9.08. The molecule has 0 aliphatic carbocycles. The molecule has 0 unspecified atom stereocenters. The molecule has 0 radical (unpaired) electrons. The zero-order valence-corrected chi connectivity index (χ0v) is 39.6. The third kappa shape index (κ3) is 18.9. The number of carbonyl (C=O) groups is 4. The number of sulfonamides is 2. The van der Waals surface area contributed by atoms with Crippen LogP contribution in [0, 0.1) is 11.6 Å². The number of nitrogens with one attached hydrogen (secondary N) is 1. The summed E-state index contributed by atoms with van der Waals surface area (Å²) in [6.45, 7) is 12.4. The lowest BCUT2D eigenvalue weighted by molar-refractivity contribution is 0.0172. The summed E-state index contributed by atoms with van der Waals surface area (Å²) < 4.78 is 98.0. The second-order valence-corrected chi connectivity index (χ2v) is 20.6. The molecule has 16 nitrogen and oxygen atoms in total. The SMILES string of the molecule is CC(C)(C)OC(=O)N1CCC(NS(C)(=O)=O)CC1.COC(=O)c1ccc(CBr)c(F)c1.COC(=O)c1ccc(CN(C2CCN(C(=O)OC(C)(C)C)CC2)S(C)(=O)=O)c(F)c1. The average molecular weight is 970 g/mol. The summed E-state index contributed by atoms with van der Waals surface area (Å²) >= 11 is 3.13. The average Bonchev–Trinajstić information content (AvgIpc) is 3.15. The van der Waals surface area contributed by atoms with Gasteiger partial charge in [0.05, 0.1) is 37.9 Å². The van der Waals surface area contributed by atoms with Gasteiger partial charge >= 0.3 is 24.1 Å². The Labute approximate surface area is 366 Å². The number of amides is 2. The minimum absolute atomic E-state index is 0.0512. The normalized spacial score (nSPS) is 15.4. The van der Waals surface area contributed by atoms with Crippen LogP contribution in [0.2, 0.25) is 0 Å². The highest BCUT2D eigenvalue weighted by atomic mass is 79.9. The minimum Gasteiger partial charge on any atom is -0.465 e. The monoisotopic (exact) mass is 968 g/mol.